The summed E-state index contributed by atoms with van der Waals surface area (Å²) < 4.78 is 0. The molecular weight excluding hydrogens is 296 g/mol. The van der Waals surface area contributed by atoms with E-state index in [1.165, 1.54) is 18.6 Å². The fraction of sp³-hybridized carbons (Fsp3) is 0.471. The Kier molecular flexibility index (Phi) is 6.14. The molecule has 0 aliphatic heterocycles. The van der Waals surface area contributed by atoms with Crippen LogP contribution in [0.25, 0.3) is 0 Å². The van der Waals surface area contributed by atoms with Crippen molar-refractivity contribution in [2.75, 3.05) is 6.54 Å². The van der Waals surface area contributed by atoms with Crippen LogP contribution in [-0.2, 0) is 16.0 Å². The zero-order valence-electron chi connectivity index (χ0n) is 13.0. The van der Waals surface area contributed by atoms with Gasteiger partial charge in [-0.2, -0.15) is 0 Å². The van der Waals surface area contributed by atoms with Gasteiger partial charge in [-0.3, -0.25) is 9.59 Å². The van der Waals surface area contributed by atoms with Gasteiger partial charge in [0.05, 0.1) is 18.5 Å². The molecule has 3 N–H and O–H groups in total. The molecule has 23 heavy (non-hydrogen) atoms. The predicted octanol–water partition coefficient (Wildman–Crippen LogP) is 1.49. The van der Waals surface area contributed by atoms with E-state index < -0.39 is 5.97 Å². The number of rotatable bonds is 6. The Morgan fingerprint density at radius 3 is 2.26 bits per heavy atom. The number of hydrogen-bond donors (Lipinski definition) is 3. The number of hydrogen-bond acceptors (Lipinski definition) is 3. The normalized spacial score (nSPS) is 15.0. The van der Waals surface area contributed by atoms with Gasteiger partial charge in [0.25, 0.3) is 0 Å². The number of carboxylic acid groups (broad SMARTS) is 1. The molecule has 0 aromatic heterocycles. The number of carboxylic acids is 1. The van der Waals surface area contributed by atoms with Crippen molar-refractivity contribution in [1.82, 2.24) is 10.6 Å². The Hall–Kier alpha value is -2.37. The molecule has 0 unspecified atom stereocenters. The molecule has 1 aliphatic rings. The number of amides is 2. The summed E-state index contributed by atoms with van der Waals surface area (Å²) in [6.45, 7) is -0.0253. The van der Waals surface area contributed by atoms with Crippen LogP contribution >= 0.6 is 0 Å². The molecule has 2 rings (SSSR count). The van der Waals surface area contributed by atoms with Gasteiger partial charge in [0, 0.05) is 6.04 Å². The predicted molar refractivity (Wildman–Crippen MR) is 85.1 cm³/mol. The molecule has 0 heterocycles. The summed E-state index contributed by atoms with van der Waals surface area (Å²) in [6, 6.07) is 6.36. The minimum Gasteiger partial charge on any atom is -0.478 e. The minimum absolute atomic E-state index is 0.0253. The van der Waals surface area contributed by atoms with Crippen LogP contribution in [0.4, 0.5) is 0 Å². The number of carbonyl (C=O) groups is 3. The third-order valence-electron chi connectivity index (χ3n) is 3.98. The van der Waals surface area contributed by atoms with Crippen LogP contribution < -0.4 is 10.6 Å². The van der Waals surface area contributed by atoms with E-state index in [1.807, 2.05) is 0 Å². The number of aromatic carboxylic acids is 1. The van der Waals surface area contributed by atoms with Gasteiger partial charge < -0.3 is 15.7 Å². The number of benzene rings is 1. The first kappa shape index (κ1) is 17.0. The summed E-state index contributed by atoms with van der Waals surface area (Å²) in [5, 5.41) is 14.3. The van der Waals surface area contributed by atoms with Crippen molar-refractivity contribution in [3.63, 3.8) is 0 Å². The second kappa shape index (κ2) is 8.31. The molecule has 0 atom stereocenters. The first-order valence-electron chi connectivity index (χ1n) is 7.93. The summed E-state index contributed by atoms with van der Waals surface area (Å²) in [4.78, 5) is 34.4. The van der Waals surface area contributed by atoms with E-state index in [2.05, 4.69) is 10.6 Å². The molecule has 1 aliphatic carbocycles. The lowest BCUT2D eigenvalue weighted by molar-refractivity contribution is -0.126. The highest BCUT2D eigenvalue weighted by Gasteiger charge is 2.16. The van der Waals surface area contributed by atoms with Crippen molar-refractivity contribution in [2.24, 2.45) is 0 Å². The second-order valence-corrected chi connectivity index (χ2v) is 5.86. The molecule has 2 amide bonds. The van der Waals surface area contributed by atoms with Gasteiger partial charge in [0.2, 0.25) is 11.8 Å². The molecule has 1 aromatic carbocycles. The number of carbonyl (C=O) groups excluding carboxylic acids is 2. The smallest absolute Gasteiger partial charge is 0.335 e. The Labute approximate surface area is 135 Å². The van der Waals surface area contributed by atoms with Crippen LogP contribution in [0.2, 0.25) is 0 Å². The summed E-state index contributed by atoms with van der Waals surface area (Å²) in [7, 11) is 0. The zero-order chi connectivity index (χ0) is 16.7. The maximum absolute atomic E-state index is 11.8. The molecule has 6 nitrogen and oxygen atoms in total. The van der Waals surface area contributed by atoms with Gasteiger partial charge in [-0.1, -0.05) is 31.4 Å². The van der Waals surface area contributed by atoms with Crippen LogP contribution in [-0.4, -0.2) is 35.5 Å². The van der Waals surface area contributed by atoms with Crippen molar-refractivity contribution in [3.8, 4) is 0 Å². The van der Waals surface area contributed by atoms with Crippen molar-refractivity contribution in [1.29, 1.82) is 0 Å². The fourth-order valence-electron chi connectivity index (χ4n) is 2.72. The third kappa shape index (κ3) is 5.73. The highest BCUT2D eigenvalue weighted by molar-refractivity contribution is 5.88. The molecule has 1 aromatic rings. The summed E-state index contributed by atoms with van der Waals surface area (Å²) in [5.41, 5.74) is 0.890. The lowest BCUT2D eigenvalue weighted by Crippen LogP contribution is -2.43. The van der Waals surface area contributed by atoms with E-state index >= 15 is 0 Å². The molecular formula is C17H22N2O4. The Morgan fingerprint density at radius 2 is 1.65 bits per heavy atom. The van der Waals surface area contributed by atoms with E-state index in [0.29, 0.717) is 5.56 Å². The minimum atomic E-state index is -1.000. The van der Waals surface area contributed by atoms with E-state index in [0.717, 1.165) is 25.7 Å². The Morgan fingerprint density at radius 1 is 1.00 bits per heavy atom. The fourth-order valence-corrected chi connectivity index (χ4v) is 2.72. The topological polar surface area (TPSA) is 95.5 Å². The van der Waals surface area contributed by atoms with E-state index in [1.54, 1.807) is 12.1 Å². The van der Waals surface area contributed by atoms with Crippen molar-refractivity contribution >= 4 is 17.8 Å². The summed E-state index contributed by atoms with van der Waals surface area (Å²) in [5.74, 6) is -1.42. The Balaban J connectivity index is 1.71. The average molecular weight is 318 g/mol. The molecule has 0 radical (unpaired) electrons. The molecule has 1 saturated carbocycles. The lowest BCUT2D eigenvalue weighted by atomic mass is 9.95. The molecule has 1 fully saturated rings. The van der Waals surface area contributed by atoms with Crippen molar-refractivity contribution in [3.05, 3.63) is 35.4 Å². The highest BCUT2D eigenvalue weighted by Crippen LogP contribution is 2.17. The largest absolute Gasteiger partial charge is 0.478 e. The van der Waals surface area contributed by atoms with E-state index in [9.17, 15) is 14.4 Å². The van der Waals surface area contributed by atoms with E-state index in [-0.39, 0.29) is 36.4 Å². The quantitative estimate of drug-likeness (QED) is 0.740. The summed E-state index contributed by atoms with van der Waals surface area (Å²) in [6.07, 6.45) is 5.65. The van der Waals surface area contributed by atoms with Crippen LogP contribution in [0.15, 0.2) is 24.3 Å². The monoisotopic (exact) mass is 318 g/mol. The summed E-state index contributed by atoms with van der Waals surface area (Å²) >= 11 is 0. The van der Waals surface area contributed by atoms with Crippen LogP contribution in [0.1, 0.15) is 48.0 Å². The maximum Gasteiger partial charge on any atom is 0.335 e. The molecule has 0 bridgehead atoms. The van der Waals surface area contributed by atoms with Gasteiger partial charge in [-0.05, 0) is 30.5 Å². The van der Waals surface area contributed by atoms with Crippen molar-refractivity contribution < 1.29 is 19.5 Å². The second-order valence-electron chi connectivity index (χ2n) is 5.86. The SMILES string of the molecule is O=C(Cc1ccc(C(=O)O)cc1)NCC(=O)NC1CCCCC1. The maximum atomic E-state index is 11.8. The van der Waals surface area contributed by atoms with E-state index in [4.69, 9.17) is 5.11 Å². The van der Waals surface area contributed by atoms with Gasteiger partial charge in [-0.25, -0.2) is 4.79 Å². The molecule has 6 heteroatoms. The van der Waals surface area contributed by atoms with Crippen molar-refractivity contribution in [2.45, 2.75) is 44.6 Å². The van der Waals surface area contributed by atoms with Gasteiger partial charge in [0.15, 0.2) is 0 Å². The van der Waals surface area contributed by atoms with Gasteiger partial charge in [-0.15, -0.1) is 0 Å². The molecule has 0 saturated heterocycles. The highest BCUT2D eigenvalue weighted by atomic mass is 16.4. The van der Waals surface area contributed by atoms with Crippen LogP contribution in [0.3, 0.4) is 0 Å². The van der Waals surface area contributed by atoms with Gasteiger partial charge >= 0.3 is 5.97 Å². The zero-order valence-corrected chi connectivity index (χ0v) is 13.0. The first-order valence-corrected chi connectivity index (χ1v) is 7.93. The first-order chi connectivity index (χ1) is 11.0. The molecule has 124 valence electrons. The Bertz CT molecular complexity index is 562. The van der Waals surface area contributed by atoms with Gasteiger partial charge in [0.1, 0.15) is 0 Å². The average Bonchev–Trinajstić information content (AvgIpc) is 2.54. The standard InChI is InChI=1S/C17H22N2O4/c20-15(10-12-6-8-13(9-7-12)17(22)23)18-11-16(21)19-14-4-2-1-3-5-14/h6-9,14H,1-5,10-11H2,(H,18,20)(H,19,21)(H,22,23). The lowest BCUT2D eigenvalue weighted by Gasteiger charge is -2.22. The third-order valence-corrected chi connectivity index (χ3v) is 3.98. The molecule has 0 spiro atoms. The van der Waals surface area contributed by atoms with Crippen LogP contribution in [0.5, 0.6) is 0 Å². The van der Waals surface area contributed by atoms with Crippen LogP contribution in [0, 0.1) is 0 Å². The number of nitrogens with one attached hydrogen (secondary N) is 2.